The highest BCUT2D eigenvalue weighted by atomic mass is 16.5. The number of fused-ring (bicyclic) bond motifs is 3. The summed E-state index contributed by atoms with van der Waals surface area (Å²) in [5, 5.41) is 4.01. The first kappa shape index (κ1) is 17.1. The Hall–Kier alpha value is -2.37. The molecule has 0 aliphatic heterocycles. The second-order valence-corrected chi connectivity index (χ2v) is 8.48. The van der Waals surface area contributed by atoms with Gasteiger partial charge in [0, 0.05) is 11.4 Å². The highest BCUT2D eigenvalue weighted by Crippen LogP contribution is 2.58. The van der Waals surface area contributed by atoms with Gasteiger partial charge in [-0.25, -0.2) is 9.78 Å². The van der Waals surface area contributed by atoms with E-state index in [1.54, 1.807) is 18.3 Å². The fourth-order valence-corrected chi connectivity index (χ4v) is 5.28. The molecule has 2 aliphatic carbocycles. The Balaban J connectivity index is 1.53. The molecule has 1 unspecified atom stereocenters. The van der Waals surface area contributed by atoms with Gasteiger partial charge in [0.2, 0.25) is 0 Å². The van der Waals surface area contributed by atoms with Crippen LogP contribution in [0.3, 0.4) is 0 Å². The minimum atomic E-state index is -0.488. The number of esters is 1. The van der Waals surface area contributed by atoms with Gasteiger partial charge < -0.3 is 15.0 Å². The molecule has 4 rings (SSSR count). The highest BCUT2D eigenvalue weighted by Gasteiger charge is 2.54. The van der Waals surface area contributed by atoms with Crippen molar-refractivity contribution in [3.63, 3.8) is 0 Å². The second-order valence-electron chi connectivity index (χ2n) is 8.48. The molecule has 2 N–H and O–H groups in total. The van der Waals surface area contributed by atoms with E-state index in [4.69, 9.17) is 4.74 Å². The van der Waals surface area contributed by atoms with Crippen molar-refractivity contribution in [3.05, 3.63) is 29.7 Å². The fourth-order valence-electron chi connectivity index (χ4n) is 5.28. The molecule has 0 aromatic carbocycles. The summed E-state index contributed by atoms with van der Waals surface area (Å²) in [5.41, 5.74) is 1.83. The van der Waals surface area contributed by atoms with Gasteiger partial charge in [-0.1, -0.05) is 20.8 Å². The number of carbonyl (C=O) groups is 2. The van der Waals surface area contributed by atoms with E-state index < -0.39 is 5.97 Å². The molecule has 2 bridgehead atoms. The van der Waals surface area contributed by atoms with Gasteiger partial charge in [0.1, 0.15) is 11.4 Å². The number of methoxy groups -OCH3 is 1. The van der Waals surface area contributed by atoms with Crippen LogP contribution in [0.2, 0.25) is 0 Å². The minimum Gasteiger partial charge on any atom is -0.464 e. The number of amides is 1. The number of ether oxygens (including phenoxy) is 1. The van der Waals surface area contributed by atoms with Crippen molar-refractivity contribution >= 4 is 22.8 Å². The molecule has 138 valence electrons. The maximum absolute atomic E-state index is 12.8. The normalized spacial score (nSPS) is 29.1. The molecule has 2 aromatic rings. The lowest BCUT2D eigenvalue weighted by Crippen LogP contribution is -2.46. The van der Waals surface area contributed by atoms with Gasteiger partial charge in [-0.2, -0.15) is 0 Å². The van der Waals surface area contributed by atoms with Crippen LogP contribution in [0, 0.1) is 23.2 Å². The molecule has 4 atom stereocenters. The van der Waals surface area contributed by atoms with Crippen molar-refractivity contribution in [1.82, 2.24) is 15.3 Å². The van der Waals surface area contributed by atoms with Crippen LogP contribution < -0.4 is 5.32 Å². The van der Waals surface area contributed by atoms with Crippen LogP contribution in [0.1, 0.15) is 54.6 Å². The van der Waals surface area contributed by atoms with Gasteiger partial charge in [-0.05, 0) is 48.1 Å². The van der Waals surface area contributed by atoms with Gasteiger partial charge >= 0.3 is 5.97 Å². The zero-order valence-corrected chi connectivity index (χ0v) is 15.6. The Bertz CT molecular complexity index is 884. The number of pyridine rings is 1. The van der Waals surface area contributed by atoms with Crippen LogP contribution in [0.4, 0.5) is 0 Å². The molecule has 6 heteroatoms. The van der Waals surface area contributed by atoms with Crippen LogP contribution in [0.25, 0.3) is 10.9 Å². The lowest BCUT2D eigenvalue weighted by Gasteiger charge is -2.39. The molecule has 0 radical (unpaired) electrons. The summed E-state index contributed by atoms with van der Waals surface area (Å²) in [5.74, 6) is 1.14. The Morgan fingerprint density at radius 3 is 2.77 bits per heavy atom. The van der Waals surface area contributed by atoms with Gasteiger partial charge in [0.15, 0.2) is 0 Å². The summed E-state index contributed by atoms with van der Waals surface area (Å²) in [6.07, 6.45) is 3.94. The third-order valence-electron chi connectivity index (χ3n) is 6.50. The molecule has 2 heterocycles. The van der Waals surface area contributed by atoms with Crippen LogP contribution >= 0.6 is 0 Å². The van der Waals surface area contributed by atoms with Crippen molar-refractivity contribution in [3.8, 4) is 0 Å². The Labute approximate surface area is 152 Å². The van der Waals surface area contributed by atoms with E-state index in [0.29, 0.717) is 28.9 Å². The largest absolute Gasteiger partial charge is 0.464 e. The van der Waals surface area contributed by atoms with Crippen molar-refractivity contribution < 1.29 is 14.3 Å². The molecule has 2 fully saturated rings. The number of carbonyl (C=O) groups excluding carboxylic acids is 2. The molecular formula is C20H25N3O3. The van der Waals surface area contributed by atoms with Gasteiger partial charge in [0.25, 0.3) is 5.91 Å². The number of rotatable bonds is 3. The Morgan fingerprint density at radius 2 is 2.12 bits per heavy atom. The Morgan fingerprint density at radius 1 is 1.35 bits per heavy atom. The number of aromatic nitrogens is 2. The van der Waals surface area contributed by atoms with Gasteiger partial charge in [-0.15, -0.1) is 0 Å². The molecule has 1 amide bonds. The van der Waals surface area contributed by atoms with E-state index in [0.717, 1.165) is 10.9 Å². The Kier molecular flexibility index (Phi) is 3.82. The number of nitrogens with zero attached hydrogens (tertiary/aromatic N) is 1. The van der Waals surface area contributed by atoms with E-state index >= 15 is 0 Å². The highest BCUT2D eigenvalue weighted by molar-refractivity contribution is 5.99. The lowest BCUT2D eigenvalue weighted by molar-refractivity contribution is 0.0594. The maximum atomic E-state index is 12.8. The molecule has 6 nitrogen and oxygen atoms in total. The zero-order chi connectivity index (χ0) is 18.6. The van der Waals surface area contributed by atoms with Crippen molar-refractivity contribution in [2.45, 2.75) is 39.7 Å². The van der Waals surface area contributed by atoms with Crippen LogP contribution in [-0.4, -0.2) is 35.0 Å². The molecule has 0 spiro atoms. The summed E-state index contributed by atoms with van der Waals surface area (Å²) >= 11 is 0. The quantitative estimate of drug-likeness (QED) is 0.829. The van der Waals surface area contributed by atoms with Crippen LogP contribution in [0.15, 0.2) is 18.3 Å². The van der Waals surface area contributed by atoms with Crippen LogP contribution in [-0.2, 0) is 4.74 Å². The summed E-state index contributed by atoms with van der Waals surface area (Å²) in [6, 6.07) is 3.63. The van der Waals surface area contributed by atoms with Gasteiger partial charge in [-0.3, -0.25) is 4.79 Å². The zero-order valence-electron chi connectivity index (χ0n) is 15.6. The average Bonchev–Trinajstić information content (AvgIpc) is 3.25. The average molecular weight is 355 g/mol. The standard InChI is InChI=1S/C20H25N3O3/c1-10-13-5-12(8-20(13,2)3)17(10)23-18(24)14-6-11-7-15(19(25)26-4)21-9-16(11)22-14/h6-7,9-10,12-13,17,22H,5,8H2,1-4H3,(H,23,24)/t10-,12?,13-,17+/m0/s1. The number of nitrogens with one attached hydrogen (secondary N) is 2. The minimum absolute atomic E-state index is 0.0944. The first-order chi connectivity index (χ1) is 12.3. The van der Waals surface area contributed by atoms with E-state index in [1.165, 1.54) is 20.0 Å². The molecule has 2 saturated carbocycles. The van der Waals surface area contributed by atoms with Gasteiger partial charge in [0.05, 0.1) is 18.8 Å². The maximum Gasteiger partial charge on any atom is 0.356 e. The van der Waals surface area contributed by atoms with Crippen molar-refractivity contribution in [2.24, 2.45) is 23.2 Å². The number of hydrogen-bond acceptors (Lipinski definition) is 4. The SMILES string of the molecule is COC(=O)c1cc2cc(C(=O)N[C@H]3C4C[C@@H]([C@@H]3C)C(C)(C)C4)[nH]c2cn1. The monoisotopic (exact) mass is 355 g/mol. The number of H-pyrrole nitrogens is 1. The van der Waals surface area contributed by atoms with Crippen molar-refractivity contribution in [2.75, 3.05) is 7.11 Å². The second kappa shape index (κ2) is 5.83. The summed E-state index contributed by atoms with van der Waals surface area (Å²) < 4.78 is 4.69. The predicted molar refractivity (Wildman–Crippen MR) is 97.8 cm³/mol. The van der Waals surface area contributed by atoms with Crippen molar-refractivity contribution in [1.29, 1.82) is 0 Å². The van der Waals surface area contributed by atoms with E-state index in [-0.39, 0.29) is 17.6 Å². The lowest BCUT2D eigenvalue weighted by atomic mass is 9.70. The molecule has 2 aromatic heterocycles. The third-order valence-corrected chi connectivity index (χ3v) is 6.50. The predicted octanol–water partition coefficient (Wildman–Crippen LogP) is 3.15. The van der Waals surface area contributed by atoms with E-state index in [1.807, 2.05) is 0 Å². The first-order valence-corrected chi connectivity index (χ1v) is 9.18. The molecule has 0 saturated heterocycles. The molecule has 2 aliphatic rings. The smallest absolute Gasteiger partial charge is 0.356 e. The molecular weight excluding hydrogens is 330 g/mol. The summed E-state index contributed by atoms with van der Waals surface area (Å²) in [7, 11) is 1.32. The first-order valence-electron chi connectivity index (χ1n) is 9.18. The number of hydrogen-bond donors (Lipinski definition) is 2. The number of aromatic amines is 1. The van der Waals surface area contributed by atoms with Crippen LogP contribution in [0.5, 0.6) is 0 Å². The third kappa shape index (κ3) is 2.59. The topological polar surface area (TPSA) is 84.1 Å². The molecule has 26 heavy (non-hydrogen) atoms. The fraction of sp³-hybridized carbons (Fsp3) is 0.550. The van der Waals surface area contributed by atoms with E-state index in [2.05, 4.69) is 36.1 Å². The summed E-state index contributed by atoms with van der Waals surface area (Å²) in [6.45, 7) is 6.94. The summed E-state index contributed by atoms with van der Waals surface area (Å²) in [4.78, 5) is 31.6. The van der Waals surface area contributed by atoms with E-state index in [9.17, 15) is 9.59 Å².